The van der Waals surface area contributed by atoms with Gasteiger partial charge in [0.25, 0.3) is 0 Å². The molecule has 0 aliphatic rings. The summed E-state index contributed by atoms with van der Waals surface area (Å²) in [5, 5.41) is 6.92. The minimum absolute atomic E-state index is 0. The minimum Gasteiger partial charge on any atom is -0.147 e. The smallest absolute Gasteiger partial charge is 0.147 e. The zero-order chi connectivity index (χ0) is 22.9. The summed E-state index contributed by atoms with van der Waals surface area (Å²) in [5.74, 6) is 1.81. The summed E-state index contributed by atoms with van der Waals surface area (Å²) < 4.78 is 15.7. The second-order valence-corrected chi connectivity index (χ2v) is 11.5. The van der Waals surface area contributed by atoms with Crippen LogP contribution in [0.25, 0.3) is 21.5 Å². The number of aryl methyl sites for hydroxylation is 4. The third-order valence-electron chi connectivity index (χ3n) is 6.08. The van der Waals surface area contributed by atoms with Crippen LogP contribution in [0, 0.1) is 27.7 Å². The van der Waals surface area contributed by atoms with Crippen molar-refractivity contribution in [2.75, 3.05) is 0 Å². The monoisotopic (exact) mass is 558 g/mol. The van der Waals surface area contributed by atoms with E-state index in [-0.39, 0.29) is 24.8 Å². The molecule has 35 heavy (non-hydrogen) atoms. The number of fused-ring (bicyclic) bond motifs is 2. The van der Waals surface area contributed by atoms with E-state index in [1.54, 1.807) is 11.3 Å². The van der Waals surface area contributed by atoms with Gasteiger partial charge in [-0.15, -0.1) is 24.8 Å². The number of hydrogen-bond donors (Lipinski definition) is 0. The molecule has 2 nitrogen and oxygen atoms in total. The van der Waals surface area contributed by atoms with Crippen LogP contribution in [-0.4, -0.2) is 4.31 Å². The summed E-state index contributed by atoms with van der Waals surface area (Å²) in [5.41, 5.74) is 4.95. The van der Waals surface area contributed by atoms with E-state index in [2.05, 4.69) is 110 Å². The molecule has 0 amide bonds. The largest absolute Gasteiger partial charge is 0.147 e. The van der Waals surface area contributed by atoms with E-state index in [9.17, 15) is 0 Å². The first kappa shape index (κ1) is 27.5. The second kappa shape index (κ2) is 11.7. The Labute approximate surface area is 230 Å². The van der Waals surface area contributed by atoms with Crippen LogP contribution in [0.15, 0.2) is 78.2 Å². The predicted molar refractivity (Wildman–Crippen MR) is 152 cm³/mol. The average molecular weight is 559 g/mol. The molecule has 5 aromatic rings. The van der Waals surface area contributed by atoms with Crippen LogP contribution in [0.4, 0.5) is 0 Å². The first-order valence-electron chi connectivity index (χ1n) is 11.1. The van der Waals surface area contributed by atoms with Gasteiger partial charge in [-0.1, -0.05) is 0 Å². The van der Waals surface area contributed by atoms with Crippen LogP contribution in [0.3, 0.4) is 0 Å². The molecule has 0 spiro atoms. The van der Waals surface area contributed by atoms with Gasteiger partial charge in [0.05, 0.1) is 0 Å². The van der Waals surface area contributed by atoms with Crippen LogP contribution in [0.5, 0.6) is 11.5 Å². The number of thiophene rings is 1. The number of rotatable bonds is 5. The Bertz CT molecular complexity index is 1420. The molecule has 1 aromatic heterocycles. The summed E-state index contributed by atoms with van der Waals surface area (Å²) >= 11 is -0.908. The molecule has 0 N–H and O–H groups in total. The minimum atomic E-state index is -2.62. The van der Waals surface area contributed by atoms with E-state index in [1.165, 1.54) is 48.7 Å². The fraction of sp³-hybridized carbons (Fsp3) is 0.138. The van der Waals surface area contributed by atoms with Gasteiger partial charge in [-0.05, 0) is 0 Å². The third-order valence-corrected chi connectivity index (χ3v) is 9.40. The Morgan fingerprint density at radius 1 is 0.600 bits per heavy atom. The first-order chi connectivity index (χ1) is 16.0. The van der Waals surface area contributed by atoms with E-state index < -0.39 is 18.2 Å². The summed E-state index contributed by atoms with van der Waals surface area (Å²) in [4.78, 5) is 1.19. The number of hydrogen-bond acceptors (Lipinski definition) is 3. The zero-order valence-corrected chi connectivity index (χ0v) is 24.1. The van der Waals surface area contributed by atoms with Crippen molar-refractivity contribution in [2.24, 2.45) is 0 Å². The topological polar surface area (TPSA) is 18.5 Å². The van der Waals surface area contributed by atoms with Crippen molar-refractivity contribution in [2.45, 2.75) is 27.7 Å². The molecule has 0 radical (unpaired) electrons. The van der Waals surface area contributed by atoms with Crippen LogP contribution in [-0.2, 0) is 18.2 Å². The molecule has 0 fully saturated rings. The third kappa shape index (κ3) is 5.66. The number of halogens is 2. The standard InChI is InChI=1S/2C12H12O.C5H4S.2ClH.Ti/c2*1-8-6-7-11(13)12-9(2)4-3-5-10(8)12;1-5-3-2-4-6-5;;;/h2*3-7,13H,1-2H3;1-4H;2*1H;/q;;;;;+2/p-2. The zero-order valence-electron chi connectivity index (χ0n) is 20.1. The molecule has 5 rings (SSSR count). The molecule has 0 aliphatic heterocycles. The van der Waals surface area contributed by atoms with Crippen molar-refractivity contribution in [1.82, 2.24) is 0 Å². The maximum Gasteiger partial charge on any atom is -0.147 e. The van der Waals surface area contributed by atoms with E-state index in [0.29, 0.717) is 0 Å². The SMILES string of the molecule is Cc1ccc([O][Ti](=[CH]c2cccs2)[O]c2ccc(C)c3cccc(C)c23)c2c(C)cccc12.Cl.Cl. The molecular formula is C29H28Cl2O2STi. The molecule has 0 saturated carbocycles. The van der Waals surface area contributed by atoms with Crippen molar-refractivity contribution in [1.29, 1.82) is 0 Å². The molecule has 1 heterocycles. The first-order valence-corrected chi connectivity index (χ1v) is 14.2. The van der Waals surface area contributed by atoms with Gasteiger partial charge in [-0.2, -0.15) is 0 Å². The van der Waals surface area contributed by atoms with Crippen molar-refractivity contribution >= 4 is 62.0 Å². The summed E-state index contributed by atoms with van der Waals surface area (Å²) in [6.45, 7) is 8.60. The van der Waals surface area contributed by atoms with E-state index in [4.69, 9.17) is 6.64 Å². The maximum absolute atomic E-state index is 6.76. The van der Waals surface area contributed by atoms with Gasteiger partial charge in [0.1, 0.15) is 0 Å². The van der Waals surface area contributed by atoms with Crippen molar-refractivity contribution in [3.8, 4) is 11.5 Å². The second-order valence-electron chi connectivity index (χ2n) is 8.44. The fourth-order valence-corrected chi connectivity index (χ4v) is 7.58. The molecule has 180 valence electrons. The fourth-order valence-electron chi connectivity index (χ4n) is 4.35. The molecule has 4 aromatic carbocycles. The predicted octanol–water partition coefficient (Wildman–Crippen LogP) is 8.89. The average Bonchev–Trinajstić information content (AvgIpc) is 3.31. The van der Waals surface area contributed by atoms with Gasteiger partial charge in [0.15, 0.2) is 0 Å². The molecule has 0 aliphatic carbocycles. The quantitative estimate of drug-likeness (QED) is 0.200. The normalized spacial score (nSPS) is 10.4. The van der Waals surface area contributed by atoms with Gasteiger partial charge in [0, 0.05) is 0 Å². The van der Waals surface area contributed by atoms with Gasteiger partial charge < -0.3 is 0 Å². The Morgan fingerprint density at radius 2 is 1.11 bits per heavy atom. The van der Waals surface area contributed by atoms with Crippen LogP contribution < -0.4 is 6.64 Å². The van der Waals surface area contributed by atoms with Crippen molar-refractivity contribution < 1.29 is 24.8 Å². The Morgan fingerprint density at radius 3 is 1.57 bits per heavy atom. The van der Waals surface area contributed by atoms with Crippen LogP contribution in [0.2, 0.25) is 0 Å². The molecule has 6 heteroatoms. The Hall–Kier alpha value is -2.14. The summed E-state index contributed by atoms with van der Waals surface area (Å²) in [6.07, 6.45) is 0. The molecule has 0 saturated heterocycles. The van der Waals surface area contributed by atoms with Crippen molar-refractivity contribution in [3.05, 3.63) is 105 Å². The molecule has 0 bridgehead atoms. The van der Waals surface area contributed by atoms with E-state index in [1.807, 2.05) is 0 Å². The van der Waals surface area contributed by atoms with Gasteiger partial charge >= 0.3 is 207 Å². The molecule has 0 atom stereocenters. The maximum atomic E-state index is 6.76. The van der Waals surface area contributed by atoms with Crippen LogP contribution >= 0.6 is 36.2 Å². The Balaban J connectivity index is 0.00000171. The van der Waals surface area contributed by atoms with Gasteiger partial charge in [-0.25, -0.2) is 0 Å². The van der Waals surface area contributed by atoms with E-state index >= 15 is 0 Å². The number of benzene rings is 4. The molecule has 0 unspecified atom stereocenters. The summed E-state index contributed by atoms with van der Waals surface area (Å²) in [7, 11) is 0. The van der Waals surface area contributed by atoms with Gasteiger partial charge in [0.2, 0.25) is 0 Å². The van der Waals surface area contributed by atoms with Gasteiger partial charge in [-0.3, -0.25) is 0 Å². The molecular weight excluding hydrogens is 531 g/mol. The summed E-state index contributed by atoms with van der Waals surface area (Å²) in [6, 6.07) is 25.5. The van der Waals surface area contributed by atoms with Crippen molar-refractivity contribution in [3.63, 3.8) is 0 Å². The van der Waals surface area contributed by atoms with Crippen LogP contribution in [0.1, 0.15) is 27.1 Å². The Kier molecular flexibility index (Phi) is 9.20. The van der Waals surface area contributed by atoms with E-state index in [0.717, 1.165) is 11.5 Å².